The van der Waals surface area contributed by atoms with Gasteiger partial charge in [-0.15, -0.1) is 0 Å². The van der Waals surface area contributed by atoms with Crippen molar-refractivity contribution >= 4 is 11.8 Å². The van der Waals surface area contributed by atoms with E-state index in [0.717, 1.165) is 18.4 Å². The highest BCUT2D eigenvalue weighted by Crippen LogP contribution is 2.17. The Morgan fingerprint density at radius 3 is 2.89 bits per heavy atom. The zero-order valence-electron chi connectivity index (χ0n) is 10.4. The largest absolute Gasteiger partial charge is 0.392 e. The Morgan fingerprint density at radius 1 is 1.39 bits per heavy atom. The number of amides is 2. The first-order chi connectivity index (χ1) is 8.78. The van der Waals surface area contributed by atoms with E-state index in [1.54, 1.807) is 18.3 Å². The zero-order chi connectivity index (χ0) is 12.8. The molecule has 0 saturated heterocycles. The first-order valence-corrected chi connectivity index (χ1v) is 6.41. The Labute approximate surface area is 107 Å². The normalized spacial score (nSPS) is 16.3. The van der Waals surface area contributed by atoms with Crippen LogP contribution in [0.3, 0.4) is 0 Å². The Kier molecular flexibility index (Phi) is 4.52. The van der Waals surface area contributed by atoms with Gasteiger partial charge in [-0.25, -0.2) is 9.78 Å². The second kappa shape index (κ2) is 6.35. The molecule has 1 heterocycles. The maximum Gasteiger partial charge on any atom is 0.320 e. The van der Waals surface area contributed by atoms with Crippen molar-refractivity contribution in [2.45, 2.75) is 44.8 Å². The lowest BCUT2D eigenvalue weighted by Gasteiger charge is -2.22. The summed E-state index contributed by atoms with van der Waals surface area (Å²) in [6.45, 7) is -0.0541. The molecule has 0 aromatic carbocycles. The van der Waals surface area contributed by atoms with Gasteiger partial charge in [0.2, 0.25) is 0 Å². The molecule has 5 nitrogen and oxygen atoms in total. The van der Waals surface area contributed by atoms with Crippen LogP contribution in [0, 0.1) is 0 Å². The first kappa shape index (κ1) is 12.8. The predicted octanol–water partition coefficient (Wildman–Crippen LogP) is 2.03. The highest BCUT2D eigenvalue weighted by Gasteiger charge is 2.15. The quantitative estimate of drug-likeness (QED) is 0.767. The number of rotatable bonds is 3. The molecule has 1 fully saturated rings. The molecule has 1 aromatic rings. The number of aliphatic hydroxyl groups excluding tert-OH is 1. The lowest BCUT2D eigenvalue weighted by Crippen LogP contribution is -2.39. The number of urea groups is 1. The molecule has 98 valence electrons. The minimum absolute atomic E-state index is 0.0541. The Bertz CT molecular complexity index is 403. The minimum atomic E-state index is -0.218. The second-order valence-corrected chi connectivity index (χ2v) is 4.64. The van der Waals surface area contributed by atoms with Crippen LogP contribution in [0.15, 0.2) is 18.3 Å². The van der Waals surface area contributed by atoms with E-state index >= 15 is 0 Å². The van der Waals surface area contributed by atoms with E-state index in [4.69, 9.17) is 5.11 Å². The highest BCUT2D eigenvalue weighted by atomic mass is 16.3. The van der Waals surface area contributed by atoms with Gasteiger partial charge in [0.05, 0.1) is 6.61 Å². The summed E-state index contributed by atoms with van der Waals surface area (Å²) in [6, 6.07) is 3.44. The van der Waals surface area contributed by atoms with Gasteiger partial charge in [-0.2, -0.15) is 0 Å². The van der Waals surface area contributed by atoms with E-state index in [-0.39, 0.29) is 18.7 Å². The van der Waals surface area contributed by atoms with Gasteiger partial charge in [0, 0.05) is 12.2 Å². The van der Waals surface area contributed by atoms with Gasteiger partial charge in [0.15, 0.2) is 0 Å². The van der Waals surface area contributed by atoms with Gasteiger partial charge < -0.3 is 10.4 Å². The fourth-order valence-electron chi connectivity index (χ4n) is 2.23. The smallest absolute Gasteiger partial charge is 0.320 e. The molecule has 0 bridgehead atoms. The van der Waals surface area contributed by atoms with E-state index in [9.17, 15) is 4.79 Å². The molecule has 5 heteroatoms. The molecule has 0 unspecified atom stereocenters. The van der Waals surface area contributed by atoms with E-state index < -0.39 is 0 Å². The number of carbonyl (C=O) groups excluding carboxylic acids is 1. The molecule has 3 N–H and O–H groups in total. The van der Waals surface area contributed by atoms with E-state index in [2.05, 4.69) is 15.6 Å². The van der Waals surface area contributed by atoms with Gasteiger partial charge in [-0.1, -0.05) is 19.3 Å². The molecule has 2 amide bonds. The first-order valence-electron chi connectivity index (χ1n) is 6.41. The van der Waals surface area contributed by atoms with Crippen LogP contribution >= 0.6 is 0 Å². The average molecular weight is 249 g/mol. The number of nitrogens with zero attached hydrogens (tertiary/aromatic N) is 1. The molecule has 18 heavy (non-hydrogen) atoms. The summed E-state index contributed by atoms with van der Waals surface area (Å²) in [4.78, 5) is 15.8. The van der Waals surface area contributed by atoms with E-state index in [0.29, 0.717) is 5.82 Å². The predicted molar refractivity (Wildman–Crippen MR) is 69.2 cm³/mol. The fraction of sp³-hybridized carbons (Fsp3) is 0.538. The Morgan fingerprint density at radius 2 is 2.17 bits per heavy atom. The van der Waals surface area contributed by atoms with Crippen molar-refractivity contribution in [2.24, 2.45) is 0 Å². The molecule has 1 saturated carbocycles. The molecule has 0 radical (unpaired) electrons. The standard InChI is InChI=1S/C13H19N3O2/c17-9-10-6-7-14-12(8-10)16-13(18)15-11-4-2-1-3-5-11/h6-8,11,17H,1-5,9H2,(H2,14,15,16,18). The number of aromatic nitrogens is 1. The van der Waals surface area contributed by atoms with Crippen molar-refractivity contribution in [1.82, 2.24) is 10.3 Å². The summed E-state index contributed by atoms with van der Waals surface area (Å²) in [5.41, 5.74) is 0.734. The third-order valence-corrected chi connectivity index (χ3v) is 3.19. The van der Waals surface area contributed by atoms with Crippen molar-refractivity contribution in [3.8, 4) is 0 Å². The Balaban J connectivity index is 1.85. The summed E-state index contributed by atoms with van der Waals surface area (Å²) in [6.07, 6.45) is 7.31. The summed E-state index contributed by atoms with van der Waals surface area (Å²) in [5, 5.41) is 14.6. The molecule has 0 aliphatic heterocycles. The number of carbonyl (C=O) groups is 1. The van der Waals surface area contributed by atoms with Crippen molar-refractivity contribution in [2.75, 3.05) is 5.32 Å². The van der Waals surface area contributed by atoms with Gasteiger partial charge >= 0.3 is 6.03 Å². The van der Waals surface area contributed by atoms with Gasteiger partial charge in [-0.3, -0.25) is 5.32 Å². The van der Waals surface area contributed by atoms with Crippen LogP contribution < -0.4 is 10.6 Å². The lowest BCUT2D eigenvalue weighted by atomic mass is 9.96. The van der Waals surface area contributed by atoms with Crippen LogP contribution in [0.5, 0.6) is 0 Å². The summed E-state index contributed by atoms with van der Waals surface area (Å²) in [7, 11) is 0. The Hall–Kier alpha value is -1.62. The molecule has 0 spiro atoms. The third-order valence-electron chi connectivity index (χ3n) is 3.19. The molecule has 0 atom stereocenters. The summed E-state index contributed by atoms with van der Waals surface area (Å²) < 4.78 is 0. The van der Waals surface area contributed by atoms with Crippen molar-refractivity contribution in [3.05, 3.63) is 23.9 Å². The van der Waals surface area contributed by atoms with Crippen LogP contribution in [0.4, 0.5) is 10.6 Å². The summed E-state index contributed by atoms with van der Waals surface area (Å²) >= 11 is 0. The van der Waals surface area contributed by atoms with Crippen LogP contribution in [-0.4, -0.2) is 22.2 Å². The van der Waals surface area contributed by atoms with Crippen LogP contribution in [-0.2, 0) is 6.61 Å². The molecular formula is C13H19N3O2. The fourth-order valence-corrected chi connectivity index (χ4v) is 2.23. The van der Waals surface area contributed by atoms with E-state index in [1.807, 2.05) is 0 Å². The topological polar surface area (TPSA) is 74.2 Å². The average Bonchev–Trinajstić information content (AvgIpc) is 2.40. The number of nitrogens with one attached hydrogen (secondary N) is 2. The highest BCUT2D eigenvalue weighted by molar-refractivity contribution is 5.88. The molecule has 1 aromatic heterocycles. The SMILES string of the molecule is O=C(Nc1cc(CO)ccn1)NC1CCCCC1. The number of hydrogen-bond acceptors (Lipinski definition) is 3. The van der Waals surface area contributed by atoms with Crippen LogP contribution in [0.1, 0.15) is 37.7 Å². The maximum atomic E-state index is 11.8. The monoisotopic (exact) mass is 249 g/mol. The van der Waals surface area contributed by atoms with Gasteiger partial charge in [0.25, 0.3) is 0 Å². The molecule has 1 aliphatic rings. The van der Waals surface area contributed by atoms with Gasteiger partial charge in [0.1, 0.15) is 5.82 Å². The van der Waals surface area contributed by atoms with Crippen LogP contribution in [0.2, 0.25) is 0 Å². The third kappa shape index (κ3) is 3.70. The van der Waals surface area contributed by atoms with Crippen molar-refractivity contribution in [1.29, 1.82) is 0 Å². The minimum Gasteiger partial charge on any atom is -0.392 e. The number of aliphatic hydroxyl groups is 1. The maximum absolute atomic E-state index is 11.8. The summed E-state index contributed by atoms with van der Waals surface area (Å²) in [5.74, 6) is 0.467. The zero-order valence-corrected chi connectivity index (χ0v) is 10.4. The number of anilines is 1. The molecule has 1 aliphatic carbocycles. The van der Waals surface area contributed by atoms with E-state index in [1.165, 1.54) is 19.3 Å². The lowest BCUT2D eigenvalue weighted by molar-refractivity contribution is 0.244. The van der Waals surface area contributed by atoms with Gasteiger partial charge in [-0.05, 0) is 30.5 Å². The molecule has 2 rings (SSSR count). The number of hydrogen-bond donors (Lipinski definition) is 3. The van der Waals surface area contributed by atoms with Crippen molar-refractivity contribution in [3.63, 3.8) is 0 Å². The van der Waals surface area contributed by atoms with Crippen molar-refractivity contribution < 1.29 is 9.90 Å². The second-order valence-electron chi connectivity index (χ2n) is 4.64. The van der Waals surface area contributed by atoms with Crippen LogP contribution in [0.25, 0.3) is 0 Å². The number of pyridine rings is 1. The molecular weight excluding hydrogens is 230 g/mol.